The quantitative estimate of drug-likeness (QED) is 0.305. The van der Waals surface area contributed by atoms with E-state index >= 15 is 0 Å². The summed E-state index contributed by atoms with van der Waals surface area (Å²) in [5, 5.41) is 0. The van der Waals surface area contributed by atoms with Gasteiger partial charge in [0.15, 0.2) is 0 Å². The summed E-state index contributed by atoms with van der Waals surface area (Å²) in [6.45, 7) is 6.40. The molecule has 1 heterocycles. The Balaban J connectivity index is 1.70. The molecule has 1 aliphatic heterocycles. The van der Waals surface area contributed by atoms with Crippen molar-refractivity contribution < 1.29 is 0 Å². The van der Waals surface area contributed by atoms with E-state index in [2.05, 4.69) is 115 Å². The van der Waals surface area contributed by atoms with Crippen molar-refractivity contribution in [1.29, 1.82) is 0 Å². The summed E-state index contributed by atoms with van der Waals surface area (Å²) in [5.74, 6) is 0.391. The van der Waals surface area contributed by atoms with Gasteiger partial charge in [0.2, 0.25) is 0 Å². The molecule has 1 aliphatic rings. The fourth-order valence-corrected chi connectivity index (χ4v) is 5.22. The van der Waals surface area contributed by atoms with Crippen LogP contribution in [0.15, 0.2) is 104 Å². The molecule has 1 saturated heterocycles. The Labute approximate surface area is 186 Å². The molecule has 152 valence electrons. The van der Waals surface area contributed by atoms with Crippen molar-refractivity contribution in [3.63, 3.8) is 0 Å². The maximum Gasteiger partial charge on any atom is 0.0827 e. The SMILES string of the molecule is C=C[C@@H](c1ccccc1)[C@@H](C)C(=S)N1[C@@H](c2ccccc2)CC[C@@H]1c1ccccc1. The van der Waals surface area contributed by atoms with E-state index in [1.54, 1.807) is 0 Å². The van der Waals surface area contributed by atoms with Gasteiger partial charge < -0.3 is 4.90 Å². The van der Waals surface area contributed by atoms with E-state index in [1.807, 2.05) is 0 Å². The third-order valence-electron chi connectivity index (χ3n) is 6.37. The lowest BCUT2D eigenvalue weighted by molar-refractivity contribution is 0.311. The predicted octanol–water partition coefficient (Wildman–Crippen LogP) is 7.50. The van der Waals surface area contributed by atoms with Crippen LogP contribution in [-0.4, -0.2) is 9.89 Å². The summed E-state index contributed by atoms with van der Waals surface area (Å²) in [4.78, 5) is 3.55. The number of thiocarbonyl (C=S) groups is 1. The largest absolute Gasteiger partial charge is 0.352 e. The van der Waals surface area contributed by atoms with Crippen molar-refractivity contribution in [2.24, 2.45) is 5.92 Å². The number of likely N-dealkylation sites (tertiary alicyclic amines) is 1. The summed E-state index contributed by atoms with van der Waals surface area (Å²) in [5.41, 5.74) is 3.97. The highest BCUT2D eigenvalue weighted by molar-refractivity contribution is 7.80. The second kappa shape index (κ2) is 9.40. The van der Waals surface area contributed by atoms with Gasteiger partial charge in [0.25, 0.3) is 0 Å². The molecule has 0 N–H and O–H groups in total. The Hall–Kier alpha value is -2.71. The number of rotatable bonds is 6. The van der Waals surface area contributed by atoms with E-state index in [0.29, 0.717) is 12.1 Å². The van der Waals surface area contributed by atoms with Gasteiger partial charge in [0.1, 0.15) is 0 Å². The van der Waals surface area contributed by atoms with Crippen LogP contribution in [0.4, 0.5) is 0 Å². The molecular weight excluding hydrogens is 382 g/mol. The number of nitrogens with zero attached hydrogens (tertiary/aromatic N) is 1. The molecule has 0 saturated carbocycles. The number of benzene rings is 3. The summed E-state index contributed by atoms with van der Waals surface area (Å²) < 4.78 is 0. The maximum absolute atomic E-state index is 6.21. The fraction of sp³-hybridized carbons (Fsp3) is 0.250. The Kier molecular flexibility index (Phi) is 6.44. The van der Waals surface area contributed by atoms with E-state index in [4.69, 9.17) is 12.2 Å². The van der Waals surface area contributed by atoms with Gasteiger partial charge >= 0.3 is 0 Å². The van der Waals surface area contributed by atoms with Crippen LogP contribution in [0.3, 0.4) is 0 Å². The van der Waals surface area contributed by atoms with Gasteiger partial charge in [-0.05, 0) is 29.5 Å². The normalized spacial score (nSPS) is 20.5. The van der Waals surface area contributed by atoms with Gasteiger partial charge in [-0.2, -0.15) is 0 Å². The van der Waals surface area contributed by atoms with E-state index in [9.17, 15) is 0 Å². The first kappa shape index (κ1) is 20.6. The van der Waals surface area contributed by atoms with Crippen LogP contribution < -0.4 is 0 Å². The molecule has 1 nitrogen and oxygen atoms in total. The Morgan fingerprint density at radius 2 is 1.27 bits per heavy atom. The predicted molar refractivity (Wildman–Crippen MR) is 131 cm³/mol. The molecule has 0 spiro atoms. The fourth-order valence-electron chi connectivity index (χ4n) is 4.82. The van der Waals surface area contributed by atoms with Crippen molar-refractivity contribution in [2.45, 2.75) is 37.8 Å². The number of hydrogen-bond donors (Lipinski definition) is 0. The summed E-state index contributed by atoms with van der Waals surface area (Å²) >= 11 is 6.21. The van der Waals surface area contributed by atoms with Gasteiger partial charge in [-0.1, -0.05) is 116 Å². The van der Waals surface area contributed by atoms with Crippen LogP contribution in [-0.2, 0) is 0 Å². The first-order valence-electron chi connectivity index (χ1n) is 10.8. The van der Waals surface area contributed by atoms with Crippen LogP contribution >= 0.6 is 12.2 Å². The lowest BCUT2D eigenvalue weighted by atomic mass is 9.86. The van der Waals surface area contributed by atoms with Gasteiger partial charge in [0.05, 0.1) is 17.1 Å². The monoisotopic (exact) mass is 411 g/mol. The van der Waals surface area contributed by atoms with Crippen molar-refractivity contribution in [2.75, 3.05) is 0 Å². The molecule has 0 aromatic heterocycles. The van der Waals surface area contributed by atoms with Gasteiger partial charge in [0, 0.05) is 11.8 Å². The van der Waals surface area contributed by atoms with Crippen molar-refractivity contribution in [1.82, 2.24) is 4.90 Å². The highest BCUT2D eigenvalue weighted by Gasteiger charge is 2.39. The van der Waals surface area contributed by atoms with Crippen molar-refractivity contribution in [3.8, 4) is 0 Å². The lowest BCUT2D eigenvalue weighted by Crippen LogP contribution is -2.37. The molecule has 4 atom stereocenters. The molecule has 4 rings (SSSR count). The third kappa shape index (κ3) is 4.11. The summed E-state index contributed by atoms with van der Waals surface area (Å²) in [6.07, 6.45) is 4.28. The van der Waals surface area contributed by atoms with Crippen LogP contribution in [0.5, 0.6) is 0 Å². The van der Waals surface area contributed by atoms with E-state index < -0.39 is 0 Å². The molecular formula is C28H29NS. The molecule has 0 radical (unpaired) electrons. The molecule has 2 heteroatoms. The van der Waals surface area contributed by atoms with Crippen LogP contribution in [0.25, 0.3) is 0 Å². The topological polar surface area (TPSA) is 3.24 Å². The summed E-state index contributed by atoms with van der Waals surface area (Å²) in [6, 6.07) is 32.9. The van der Waals surface area contributed by atoms with Crippen molar-refractivity contribution in [3.05, 3.63) is 120 Å². The lowest BCUT2D eigenvalue weighted by Gasteiger charge is -2.37. The van der Waals surface area contributed by atoms with E-state index in [0.717, 1.165) is 17.8 Å². The number of allylic oxidation sites excluding steroid dienone is 1. The molecule has 0 amide bonds. The average Bonchev–Trinajstić information content (AvgIpc) is 3.26. The van der Waals surface area contributed by atoms with E-state index in [1.165, 1.54) is 16.7 Å². The Bertz CT molecular complexity index is 920. The zero-order valence-corrected chi connectivity index (χ0v) is 18.3. The van der Waals surface area contributed by atoms with E-state index in [-0.39, 0.29) is 11.8 Å². The summed E-state index contributed by atoms with van der Waals surface area (Å²) in [7, 11) is 0. The van der Waals surface area contributed by atoms with Crippen molar-refractivity contribution >= 4 is 17.2 Å². The highest BCUT2D eigenvalue weighted by atomic mass is 32.1. The second-order valence-electron chi connectivity index (χ2n) is 8.14. The van der Waals surface area contributed by atoms with Crippen LogP contribution in [0.2, 0.25) is 0 Å². The van der Waals surface area contributed by atoms with Crippen LogP contribution in [0, 0.1) is 5.92 Å². The molecule has 0 unspecified atom stereocenters. The number of hydrogen-bond acceptors (Lipinski definition) is 1. The maximum atomic E-state index is 6.21. The zero-order chi connectivity index (χ0) is 20.9. The van der Waals surface area contributed by atoms with Gasteiger partial charge in [-0.15, -0.1) is 6.58 Å². The third-order valence-corrected chi connectivity index (χ3v) is 6.96. The molecule has 3 aromatic rings. The minimum absolute atomic E-state index is 0.190. The molecule has 3 aromatic carbocycles. The smallest absolute Gasteiger partial charge is 0.0827 e. The minimum Gasteiger partial charge on any atom is -0.352 e. The molecule has 30 heavy (non-hydrogen) atoms. The first-order chi connectivity index (χ1) is 14.7. The average molecular weight is 412 g/mol. The minimum atomic E-state index is 0.190. The first-order valence-corrected chi connectivity index (χ1v) is 11.2. The van der Waals surface area contributed by atoms with Gasteiger partial charge in [-0.3, -0.25) is 0 Å². The Morgan fingerprint density at radius 1 is 0.833 bits per heavy atom. The second-order valence-corrected chi connectivity index (χ2v) is 8.55. The zero-order valence-electron chi connectivity index (χ0n) is 17.5. The molecule has 0 aliphatic carbocycles. The van der Waals surface area contributed by atoms with Gasteiger partial charge in [-0.25, -0.2) is 0 Å². The highest BCUT2D eigenvalue weighted by Crippen LogP contribution is 2.46. The standard InChI is InChI=1S/C28H29NS/c1-3-25(22-13-7-4-8-14-22)21(2)28(30)29-26(23-15-9-5-10-16-23)19-20-27(29)24-17-11-6-12-18-24/h3-18,21,25-27H,1,19-20H2,2H3/t21-,25-,26-,27-/m1/s1. The molecule has 0 bridgehead atoms. The molecule has 1 fully saturated rings. The Morgan fingerprint density at radius 3 is 1.70 bits per heavy atom. The van der Waals surface area contributed by atoms with Crippen LogP contribution in [0.1, 0.15) is 54.5 Å².